The molecule has 8 nitrogen and oxygen atoms in total. The van der Waals surface area contributed by atoms with Gasteiger partial charge >= 0.3 is 0 Å². The quantitative estimate of drug-likeness (QED) is 0.671. The molecular formula is C22H26N6O2. The third-order valence-electron chi connectivity index (χ3n) is 5.97. The molecule has 0 spiro atoms. The van der Waals surface area contributed by atoms with E-state index in [1.807, 2.05) is 19.2 Å². The SMILES string of the molecule is C[C@@H](Oc1nc(-c2ccc(N3CCNCC3)cc2)cn2nccc12)C1CNC(=O)C1. The number of nitrogens with one attached hydrogen (secondary N) is 2. The minimum Gasteiger partial charge on any atom is -0.473 e. The molecule has 0 aliphatic carbocycles. The van der Waals surface area contributed by atoms with Gasteiger partial charge in [-0.3, -0.25) is 4.79 Å². The van der Waals surface area contributed by atoms with Crippen LogP contribution >= 0.6 is 0 Å². The van der Waals surface area contributed by atoms with E-state index in [2.05, 4.69) is 44.9 Å². The van der Waals surface area contributed by atoms with Gasteiger partial charge in [0, 0.05) is 56.3 Å². The molecule has 2 aliphatic heterocycles. The molecule has 2 atom stereocenters. The number of hydrogen-bond acceptors (Lipinski definition) is 6. The number of ether oxygens (including phenoxy) is 1. The minimum atomic E-state index is -0.125. The van der Waals surface area contributed by atoms with E-state index >= 15 is 0 Å². The van der Waals surface area contributed by atoms with E-state index in [1.165, 1.54) is 5.69 Å². The van der Waals surface area contributed by atoms with Crippen LogP contribution in [0, 0.1) is 5.92 Å². The third-order valence-corrected chi connectivity index (χ3v) is 5.97. The Labute approximate surface area is 175 Å². The van der Waals surface area contributed by atoms with Gasteiger partial charge in [0.25, 0.3) is 0 Å². The van der Waals surface area contributed by atoms with E-state index in [-0.39, 0.29) is 17.9 Å². The highest BCUT2D eigenvalue weighted by Crippen LogP contribution is 2.28. The number of aromatic nitrogens is 3. The monoisotopic (exact) mass is 406 g/mol. The Morgan fingerprint density at radius 3 is 2.70 bits per heavy atom. The first kappa shape index (κ1) is 18.9. The van der Waals surface area contributed by atoms with E-state index in [0.29, 0.717) is 18.8 Å². The number of nitrogens with zero attached hydrogens (tertiary/aromatic N) is 4. The minimum absolute atomic E-state index is 0.0798. The maximum atomic E-state index is 11.6. The normalized spacial score (nSPS) is 20.4. The summed E-state index contributed by atoms with van der Waals surface area (Å²) in [6.07, 6.45) is 4.03. The number of anilines is 1. The topological polar surface area (TPSA) is 83.8 Å². The molecular weight excluding hydrogens is 380 g/mol. The number of amides is 1. The van der Waals surface area contributed by atoms with Crippen LogP contribution in [0.1, 0.15) is 13.3 Å². The largest absolute Gasteiger partial charge is 0.473 e. The number of fused-ring (bicyclic) bond motifs is 1. The molecule has 3 aromatic rings. The highest BCUT2D eigenvalue weighted by Gasteiger charge is 2.28. The lowest BCUT2D eigenvalue weighted by molar-refractivity contribution is -0.119. The number of piperazine rings is 1. The molecule has 5 rings (SSSR count). The lowest BCUT2D eigenvalue weighted by atomic mass is 10.0. The van der Waals surface area contributed by atoms with Crippen molar-refractivity contribution in [2.24, 2.45) is 5.92 Å². The molecule has 2 saturated heterocycles. The molecule has 0 bridgehead atoms. The summed E-state index contributed by atoms with van der Waals surface area (Å²) < 4.78 is 8.02. The molecule has 2 fully saturated rings. The summed E-state index contributed by atoms with van der Waals surface area (Å²) in [5.74, 6) is 0.767. The van der Waals surface area contributed by atoms with Crippen LogP contribution in [0.5, 0.6) is 5.88 Å². The van der Waals surface area contributed by atoms with Gasteiger partial charge in [-0.1, -0.05) is 12.1 Å². The standard InChI is InChI=1S/C22H26N6O2/c1-15(17-12-21(29)24-13-17)30-22-20-6-7-25-28(20)14-19(26-22)16-2-4-18(5-3-16)27-10-8-23-9-11-27/h2-7,14-15,17,23H,8-13H2,1H3,(H,24,29)/t15-,17?/m1/s1. The first-order valence-corrected chi connectivity index (χ1v) is 10.5. The summed E-state index contributed by atoms with van der Waals surface area (Å²) in [6, 6.07) is 10.4. The molecule has 2 aromatic heterocycles. The molecule has 0 saturated carbocycles. The smallest absolute Gasteiger partial charge is 0.240 e. The summed E-state index contributed by atoms with van der Waals surface area (Å²) in [5, 5.41) is 10.6. The van der Waals surface area contributed by atoms with Gasteiger partial charge in [0.1, 0.15) is 11.6 Å². The summed E-state index contributed by atoms with van der Waals surface area (Å²) in [7, 11) is 0. The fourth-order valence-corrected chi connectivity index (χ4v) is 4.12. The summed E-state index contributed by atoms with van der Waals surface area (Å²) in [5.41, 5.74) is 3.87. The van der Waals surface area contributed by atoms with E-state index in [0.717, 1.165) is 43.0 Å². The average molecular weight is 406 g/mol. The van der Waals surface area contributed by atoms with Gasteiger partial charge < -0.3 is 20.3 Å². The number of carbonyl (C=O) groups is 1. The van der Waals surface area contributed by atoms with Gasteiger partial charge in [-0.05, 0) is 25.1 Å². The summed E-state index contributed by atoms with van der Waals surface area (Å²) in [4.78, 5) is 18.7. The Morgan fingerprint density at radius 1 is 1.17 bits per heavy atom. The van der Waals surface area contributed by atoms with Crippen molar-refractivity contribution in [1.29, 1.82) is 0 Å². The predicted octanol–water partition coefficient (Wildman–Crippen LogP) is 1.71. The van der Waals surface area contributed by atoms with Crippen molar-refractivity contribution in [3.05, 3.63) is 42.7 Å². The van der Waals surface area contributed by atoms with Crippen LogP contribution in [0.2, 0.25) is 0 Å². The van der Waals surface area contributed by atoms with Crippen molar-refractivity contribution < 1.29 is 9.53 Å². The van der Waals surface area contributed by atoms with Gasteiger partial charge in [-0.25, -0.2) is 9.50 Å². The molecule has 1 amide bonds. The van der Waals surface area contributed by atoms with Crippen LogP contribution in [-0.2, 0) is 4.79 Å². The van der Waals surface area contributed by atoms with Gasteiger partial charge in [0.05, 0.1) is 18.1 Å². The van der Waals surface area contributed by atoms with Crippen LogP contribution in [0.4, 0.5) is 5.69 Å². The van der Waals surface area contributed by atoms with Crippen molar-refractivity contribution in [1.82, 2.24) is 25.2 Å². The van der Waals surface area contributed by atoms with Crippen molar-refractivity contribution >= 4 is 17.1 Å². The average Bonchev–Trinajstić information content (AvgIpc) is 3.43. The maximum Gasteiger partial charge on any atom is 0.240 e. The highest BCUT2D eigenvalue weighted by atomic mass is 16.5. The predicted molar refractivity (Wildman–Crippen MR) is 115 cm³/mol. The highest BCUT2D eigenvalue weighted by molar-refractivity contribution is 5.78. The fourth-order valence-electron chi connectivity index (χ4n) is 4.12. The fraction of sp³-hybridized carbons (Fsp3) is 0.409. The molecule has 8 heteroatoms. The van der Waals surface area contributed by atoms with Crippen LogP contribution < -0.4 is 20.3 Å². The van der Waals surface area contributed by atoms with Crippen LogP contribution in [0.25, 0.3) is 16.8 Å². The molecule has 30 heavy (non-hydrogen) atoms. The van der Waals surface area contributed by atoms with Crippen LogP contribution in [0.3, 0.4) is 0 Å². The lowest BCUT2D eigenvalue weighted by Gasteiger charge is -2.29. The zero-order valence-electron chi connectivity index (χ0n) is 17.0. The Balaban J connectivity index is 1.41. The number of benzene rings is 1. The summed E-state index contributed by atoms with van der Waals surface area (Å²) in [6.45, 7) is 6.70. The maximum absolute atomic E-state index is 11.6. The first-order valence-electron chi connectivity index (χ1n) is 10.5. The first-order chi connectivity index (χ1) is 14.7. The zero-order chi connectivity index (χ0) is 20.5. The molecule has 1 aromatic carbocycles. The number of hydrogen-bond donors (Lipinski definition) is 2. The number of rotatable bonds is 5. The van der Waals surface area contributed by atoms with E-state index in [4.69, 9.17) is 9.72 Å². The van der Waals surface area contributed by atoms with Crippen molar-refractivity contribution in [2.45, 2.75) is 19.4 Å². The van der Waals surface area contributed by atoms with Crippen molar-refractivity contribution in [3.8, 4) is 17.1 Å². The van der Waals surface area contributed by atoms with Gasteiger partial charge in [-0.15, -0.1) is 0 Å². The Morgan fingerprint density at radius 2 is 1.97 bits per heavy atom. The van der Waals surface area contributed by atoms with Crippen LogP contribution in [-0.4, -0.2) is 59.3 Å². The third kappa shape index (κ3) is 3.70. The Bertz CT molecular complexity index is 1040. The molecule has 0 radical (unpaired) electrons. The van der Waals surface area contributed by atoms with Crippen LogP contribution in [0.15, 0.2) is 42.7 Å². The van der Waals surface area contributed by atoms with Gasteiger partial charge in [0.15, 0.2) is 0 Å². The number of carbonyl (C=O) groups excluding carboxylic acids is 1. The molecule has 2 N–H and O–H groups in total. The Kier molecular flexibility index (Phi) is 5.00. The molecule has 2 aliphatic rings. The zero-order valence-corrected chi connectivity index (χ0v) is 17.0. The second kappa shape index (κ2) is 7.95. The second-order valence-electron chi connectivity index (χ2n) is 7.97. The van der Waals surface area contributed by atoms with E-state index in [1.54, 1.807) is 10.7 Å². The van der Waals surface area contributed by atoms with Gasteiger partial charge in [0.2, 0.25) is 11.8 Å². The van der Waals surface area contributed by atoms with E-state index in [9.17, 15) is 4.79 Å². The molecule has 4 heterocycles. The van der Waals surface area contributed by atoms with Crippen molar-refractivity contribution in [3.63, 3.8) is 0 Å². The second-order valence-corrected chi connectivity index (χ2v) is 7.97. The molecule has 156 valence electrons. The van der Waals surface area contributed by atoms with Crippen molar-refractivity contribution in [2.75, 3.05) is 37.6 Å². The molecule has 1 unspecified atom stereocenters. The van der Waals surface area contributed by atoms with Gasteiger partial charge in [-0.2, -0.15) is 5.10 Å². The van der Waals surface area contributed by atoms with E-state index < -0.39 is 0 Å². The lowest BCUT2D eigenvalue weighted by Crippen LogP contribution is -2.43. The summed E-state index contributed by atoms with van der Waals surface area (Å²) >= 11 is 0. The Hall–Kier alpha value is -3.13.